The Kier molecular flexibility index (Phi) is 5.28. The second-order valence-corrected chi connectivity index (χ2v) is 4.02. The Hall–Kier alpha value is -1.07. The van der Waals surface area contributed by atoms with E-state index in [9.17, 15) is 4.79 Å². The first-order valence-electron chi connectivity index (χ1n) is 5.38. The van der Waals surface area contributed by atoms with E-state index < -0.39 is 5.56 Å². The molecule has 0 saturated heterocycles. The van der Waals surface area contributed by atoms with Crippen LogP contribution in [0.4, 0.5) is 5.69 Å². The van der Waals surface area contributed by atoms with Crippen LogP contribution in [0.3, 0.4) is 0 Å². The maximum atomic E-state index is 11.2. The van der Waals surface area contributed by atoms with E-state index in [1.165, 1.54) is 6.20 Å². The Morgan fingerprint density at radius 3 is 3.06 bits per heavy atom. The van der Waals surface area contributed by atoms with E-state index >= 15 is 0 Å². The summed E-state index contributed by atoms with van der Waals surface area (Å²) < 4.78 is 0. The zero-order chi connectivity index (χ0) is 12.0. The number of aromatic amines is 1. The average molecular weight is 245 g/mol. The van der Waals surface area contributed by atoms with Crippen LogP contribution in [0, 0.1) is 0 Å². The molecule has 6 heteroatoms. The van der Waals surface area contributed by atoms with Crippen molar-refractivity contribution in [1.82, 2.24) is 10.2 Å². The van der Waals surface area contributed by atoms with Gasteiger partial charge < -0.3 is 11.1 Å². The summed E-state index contributed by atoms with van der Waals surface area (Å²) in [6.07, 6.45) is 4.65. The fourth-order valence-corrected chi connectivity index (χ4v) is 1.55. The number of hydrogen-bond acceptors (Lipinski definition) is 4. The first-order chi connectivity index (χ1) is 7.69. The number of anilines is 1. The number of rotatable bonds is 6. The normalized spacial score (nSPS) is 12.4. The molecule has 1 aromatic heterocycles. The predicted molar refractivity (Wildman–Crippen MR) is 65.9 cm³/mol. The summed E-state index contributed by atoms with van der Waals surface area (Å²) >= 11 is 5.84. The largest absolute Gasteiger partial charge is 0.378 e. The highest BCUT2D eigenvalue weighted by molar-refractivity contribution is 6.32. The fourth-order valence-electron chi connectivity index (χ4n) is 1.40. The minimum Gasteiger partial charge on any atom is -0.378 e. The third-order valence-electron chi connectivity index (χ3n) is 2.35. The van der Waals surface area contributed by atoms with Gasteiger partial charge >= 0.3 is 0 Å². The van der Waals surface area contributed by atoms with Gasteiger partial charge in [-0.2, -0.15) is 5.10 Å². The Bertz CT molecular complexity index is 379. The second-order valence-electron chi connectivity index (χ2n) is 3.65. The van der Waals surface area contributed by atoms with E-state index in [2.05, 4.69) is 22.4 Å². The van der Waals surface area contributed by atoms with E-state index in [1.807, 2.05) is 0 Å². The van der Waals surface area contributed by atoms with E-state index in [4.69, 9.17) is 17.3 Å². The zero-order valence-electron chi connectivity index (χ0n) is 9.29. The summed E-state index contributed by atoms with van der Waals surface area (Å²) in [6, 6.07) is 0.126. The maximum absolute atomic E-state index is 11.2. The third kappa shape index (κ3) is 3.50. The Morgan fingerprint density at radius 1 is 1.69 bits per heavy atom. The van der Waals surface area contributed by atoms with Crippen molar-refractivity contribution in [2.24, 2.45) is 5.73 Å². The molecule has 0 spiro atoms. The highest BCUT2D eigenvalue weighted by Gasteiger charge is 2.10. The van der Waals surface area contributed by atoms with Gasteiger partial charge in [-0.1, -0.05) is 31.4 Å². The number of nitrogens with zero attached hydrogens (tertiary/aromatic N) is 1. The monoisotopic (exact) mass is 244 g/mol. The van der Waals surface area contributed by atoms with Crippen molar-refractivity contribution in [3.63, 3.8) is 0 Å². The van der Waals surface area contributed by atoms with Crippen LogP contribution in [0.5, 0.6) is 0 Å². The summed E-state index contributed by atoms with van der Waals surface area (Å²) in [5.41, 5.74) is 5.79. The number of nitrogens with one attached hydrogen (secondary N) is 2. The highest BCUT2D eigenvalue weighted by atomic mass is 35.5. The summed E-state index contributed by atoms with van der Waals surface area (Å²) in [7, 11) is 0. The van der Waals surface area contributed by atoms with E-state index in [0.717, 1.165) is 19.3 Å². The molecule has 0 aliphatic heterocycles. The van der Waals surface area contributed by atoms with Crippen LogP contribution in [-0.2, 0) is 0 Å². The van der Waals surface area contributed by atoms with Crippen LogP contribution in [0.1, 0.15) is 26.2 Å². The summed E-state index contributed by atoms with van der Waals surface area (Å²) in [4.78, 5) is 11.2. The van der Waals surface area contributed by atoms with Crippen molar-refractivity contribution in [3.05, 3.63) is 21.6 Å². The van der Waals surface area contributed by atoms with Crippen LogP contribution >= 0.6 is 11.6 Å². The SMILES string of the molecule is CCCCC(CN)Nc1cn[nH]c(=O)c1Cl. The lowest BCUT2D eigenvalue weighted by Gasteiger charge is -2.17. The number of nitrogens with two attached hydrogens (primary N) is 1. The number of halogens is 1. The minimum atomic E-state index is -0.391. The highest BCUT2D eigenvalue weighted by Crippen LogP contribution is 2.16. The number of unbranched alkanes of at least 4 members (excludes halogenated alkanes) is 1. The molecular formula is C10H17ClN4O. The van der Waals surface area contributed by atoms with Crippen molar-refractivity contribution in [3.8, 4) is 0 Å². The van der Waals surface area contributed by atoms with Gasteiger partial charge in [-0.15, -0.1) is 0 Å². The summed E-state index contributed by atoms with van der Waals surface area (Å²) in [5.74, 6) is 0. The molecule has 0 radical (unpaired) electrons. The topological polar surface area (TPSA) is 83.8 Å². The van der Waals surface area contributed by atoms with Crippen molar-refractivity contribution < 1.29 is 0 Å². The molecule has 0 saturated carbocycles. The van der Waals surface area contributed by atoms with E-state index in [1.54, 1.807) is 0 Å². The molecule has 5 nitrogen and oxygen atoms in total. The van der Waals surface area contributed by atoms with Gasteiger partial charge in [0, 0.05) is 12.6 Å². The first-order valence-corrected chi connectivity index (χ1v) is 5.76. The number of aromatic nitrogens is 2. The molecule has 0 aromatic carbocycles. The Morgan fingerprint density at radius 2 is 2.44 bits per heavy atom. The molecule has 0 bridgehead atoms. The molecule has 0 aliphatic rings. The van der Waals surface area contributed by atoms with Crippen LogP contribution < -0.4 is 16.6 Å². The molecule has 0 aliphatic carbocycles. The fraction of sp³-hybridized carbons (Fsp3) is 0.600. The van der Waals surface area contributed by atoms with Gasteiger partial charge in [0.2, 0.25) is 0 Å². The third-order valence-corrected chi connectivity index (χ3v) is 2.72. The lowest BCUT2D eigenvalue weighted by molar-refractivity contribution is 0.613. The molecule has 1 heterocycles. The molecule has 4 N–H and O–H groups in total. The van der Waals surface area contributed by atoms with Crippen LogP contribution in [0.15, 0.2) is 11.0 Å². The maximum Gasteiger partial charge on any atom is 0.285 e. The van der Waals surface area contributed by atoms with Crippen molar-refractivity contribution in [2.45, 2.75) is 32.2 Å². The number of hydrogen-bond donors (Lipinski definition) is 3. The average Bonchev–Trinajstić information content (AvgIpc) is 2.30. The molecule has 1 rings (SSSR count). The van der Waals surface area contributed by atoms with Gasteiger partial charge in [0.1, 0.15) is 5.02 Å². The quantitative estimate of drug-likeness (QED) is 0.705. The summed E-state index contributed by atoms with van der Waals surface area (Å²) in [6.45, 7) is 2.62. The smallest absolute Gasteiger partial charge is 0.285 e. The first kappa shape index (κ1) is 13.0. The molecule has 90 valence electrons. The van der Waals surface area contributed by atoms with Crippen molar-refractivity contribution >= 4 is 17.3 Å². The van der Waals surface area contributed by atoms with Crippen LogP contribution in [0.2, 0.25) is 5.02 Å². The molecule has 0 amide bonds. The van der Waals surface area contributed by atoms with Gasteiger partial charge in [-0.25, -0.2) is 5.10 Å². The van der Waals surface area contributed by atoms with Gasteiger partial charge in [-0.05, 0) is 6.42 Å². The standard InChI is InChI=1S/C10H17ClN4O/c1-2-3-4-7(5-12)14-8-6-13-15-10(16)9(8)11/h6-7H,2-5,12H2,1H3,(H2,14,15,16). The molecule has 0 fully saturated rings. The van der Waals surface area contributed by atoms with Gasteiger partial charge in [0.15, 0.2) is 0 Å². The number of H-pyrrole nitrogens is 1. The predicted octanol–water partition coefficient (Wildman–Crippen LogP) is 1.35. The lowest BCUT2D eigenvalue weighted by Crippen LogP contribution is -2.29. The van der Waals surface area contributed by atoms with Gasteiger partial charge in [0.05, 0.1) is 11.9 Å². The van der Waals surface area contributed by atoms with Crippen molar-refractivity contribution in [2.75, 3.05) is 11.9 Å². The van der Waals surface area contributed by atoms with Gasteiger partial charge in [0.25, 0.3) is 5.56 Å². The Labute approximate surface area is 99.4 Å². The van der Waals surface area contributed by atoms with Gasteiger partial charge in [-0.3, -0.25) is 4.79 Å². The molecule has 16 heavy (non-hydrogen) atoms. The van der Waals surface area contributed by atoms with Crippen LogP contribution in [0.25, 0.3) is 0 Å². The Balaban J connectivity index is 2.70. The molecule has 1 unspecified atom stereocenters. The van der Waals surface area contributed by atoms with E-state index in [-0.39, 0.29) is 11.1 Å². The van der Waals surface area contributed by atoms with Crippen molar-refractivity contribution in [1.29, 1.82) is 0 Å². The molecular weight excluding hydrogens is 228 g/mol. The minimum absolute atomic E-state index is 0.126. The molecule has 1 aromatic rings. The summed E-state index contributed by atoms with van der Waals surface area (Å²) in [5, 5.41) is 9.22. The van der Waals surface area contributed by atoms with Crippen LogP contribution in [-0.4, -0.2) is 22.8 Å². The van der Waals surface area contributed by atoms with E-state index in [0.29, 0.717) is 12.2 Å². The molecule has 1 atom stereocenters. The second kappa shape index (κ2) is 6.50. The zero-order valence-corrected chi connectivity index (χ0v) is 10.0. The lowest BCUT2D eigenvalue weighted by atomic mass is 10.1.